The minimum Gasteiger partial charge on any atom is -0.393 e. The highest BCUT2D eigenvalue weighted by Gasteiger charge is 2.21. The molecule has 0 aromatic carbocycles. The summed E-state index contributed by atoms with van der Waals surface area (Å²) >= 11 is 4.65. The summed E-state index contributed by atoms with van der Waals surface area (Å²) in [5.41, 5.74) is 5.27. The number of nitrogens with zero attached hydrogens (tertiary/aromatic N) is 2. The summed E-state index contributed by atoms with van der Waals surface area (Å²) in [6.45, 7) is 1.72. The highest BCUT2D eigenvalue weighted by molar-refractivity contribution is 7.80. The van der Waals surface area contributed by atoms with E-state index in [1.54, 1.807) is 11.9 Å². The second-order valence-electron chi connectivity index (χ2n) is 3.98. The first-order valence-electron chi connectivity index (χ1n) is 5.30. The third-order valence-corrected chi connectivity index (χ3v) is 2.73. The summed E-state index contributed by atoms with van der Waals surface area (Å²) < 4.78 is 0. The van der Waals surface area contributed by atoms with Gasteiger partial charge in [-0.25, -0.2) is 0 Å². The molecule has 0 aromatic heterocycles. The van der Waals surface area contributed by atoms with Crippen molar-refractivity contribution in [3.63, 3.8) is 0 Å². The smallest absolute Gasteiger partial charge is 0.242 e. The minimum atomic E-state index is -0.208. The lowest BCUT2D eigenvalue weighted by atomic mass is 10.3. The molecule has 6 heteroatoms. The third kappa shape index (κ3) is 3.77. The maximum Gasteiger partial charge on any atom is 0.242 e. The molecule has 0 unspecified atom stereocenters. The molecule has 0 spiro atoms. The zero-order valence-corrected chi connectivity index (χ0v) is 10.3. The van der Waals surface area contributed by atoms with Crippen molar-refractivity contribution in [2.24, 2.45) is 5.73 Å². The van der Waals surface area contributed by atoms with E-state index < -0.39 is 0 Å². The van der Waals surface area contributed by atoms with Crippen LogP contribution in [0.3, 0.4) is 0 Å². The molecular formula is C10H17N3O2S. The predicted octanol–water partition coefficient (Wildman–Crippen LogP) is -0.257. The van der Waals surface area contributed by atoms with E-state index in [9.17, 15) is 9.59 Å². The van der Waals surface area contributed by atoms with Gasteiger partial charge in [0.15, 0.2) is 0 Å². The molecule has 0 bridgehead atoms. The Hall–Kier alpha value is -1.17. The van der Waals surface area contributed by atoms with E-state index >= 15 is 0 Å². The normalized spacial score (nSPS) is 14.9. The van der Waals surface area contributed by atoms with E-state index in [0.717, 1.165) is 25.9 Å². The number of hydrogen-bond acceptors (Lipinski definition) is 3. The fourth-order valence-corrected chi connectivity index (χ4v) is 1.77. The summed E-state index contributed by atoms with van der Waals surface area (Å²) in [5, 5.41) is 0. The molecule has 1 saturated heterocycles. The lowest BCUT2D eigenvalue weighted by molar-refractivity contribution is -0.138. The minimum absolute atomic E-state index is 0.00344. The summed E-state index contributed by atoms with van der Waals surface area (Å²) in [5.74, 6) is -0.212. The first-order valence-corrected chi connectivity index (χ1v) is 5.71. The van der Waals surface area contributed by atoms with Gasteiger partial charge in [-0.2, -0.15) is 0 Å². The van der Waals surface area contributed by atoms with Crippen molar-refractivity contribution in [3.8, 4) is 0 Å². The molecule has 16 heavy (non-hydrogen) atoms. The molecule has 1 aliphatic heterocycles. The molecule has 5 nitrogen and oxygen atoms in total. The van der Waals surface area contributed by atoms with E-state index in [4.69, 9.17) is 5.73 Å². The molecule has 1 rings (SSSR count). The number of hydrogen-bond donors (Lipinski definition) is 1. The Bertz CT molecular complexity index is 300. The quantitative estimate of drug-likeness (QED) is 0.691. The van der Waals surface area contributed by atoms with Gasteiger partial charge in [0.2, 0.25) is 11.8 Å². The van der Waals surface area contributed by atoms with Crippen LogP contribution in [0.4, 0.5) is 0 Å². The van der Waals surface area contributed by atoms with Gasteiger partial charge in [-0.15, -0.1) is 0 Å². The second kappa shape index (κ2) is 5.79. The van der Waals surface area contributed by atoms with E-state index in [-0.39, 0.29) is 29.8 Å². The van der Waals surface area contributed by atoms with Gasteiger partial charge in [0.05, 0.1) is 18.0 Å². The molecule has 0 aliphatic carbocycles. The summed E-state index contributed by atoms with van der Waals surface area (Å²) in [6.07, 6.45) is 2.13. The fourth-order valence-electron chi connectivity index (χ4n) is 1.64. The zero-order chi connectivity index (χ0) is 12.1. The van der Waals surface area contributed by atoms with E-state index in [2.05, 4.69) is 12.2 Å². The molecule has 2 N–H and O–H groups in total. The lowest BCUT2D eigenvalue weighted by Gasteiger charge is -2.21. The largest absolute Gasteiger partial charge is 0.393 e. The van der Waals surface area contributed by atoms with Gasteiger partial charge in [0, 0.05) is 20.1 Å². The maximum absolute atomic E-state index is 11.7. The van der Waals surface area contributed by atoms with E-state index in [0.29, 0.717) is 0 Å². The van der Waals surface area contributed by atoms with Gasteiger partial charge in [-0.1, -0.05) is 12.2 Å². The number of amides is 2. The number of carbonyl (C=O) groups is 2. The molecule has 90 valence electrons. The maximum atomic E-state index is 11.7. The van der Waals surface area contributed by atoms with Crippen LogP contribution in [0.1, 0.15) is 19.3 Å². The van der Waals surface area contributed by atoms with Crippen LogP contribution in [0.5, 0.6) is 0 Å². The summed E-state index contributed by atoms with van der Waals surface area (Å²) in [7, 11) is 1.59. The number of likely N-dealkylation sites (tertiary alicyclic amines) is 1. The molecule has 0 atom stereocenters. The van der Waals surface area contributed by atoms with Gasteiger partial charge < -0.3 is 15.5 Å². The Morgan fingerprint density at radius 2 is 1.94 bits per heavy atom. The molecule has 1 aliphatic rings. The van der Waals surface area contributed by atoms with Gasteiger partial charge in [-0.3, -0.25) is 9.59 Å². The Kier molecular flexibility index (Phi) is 4.67. The Labute approximate surface area is 101 Å². The van der Waals surface area contributed by atoms with Crippen molar-refractivity contribution in [2.45, 2.75) is 19.3 Å². The summed E-state index contributed by atoms with van der Waals surface area (Å²) in [4.78, 5) is 26.5. The number of thiocarbonyl (C=S) groups is 1. The lowest BCUT2D eigenvalue weighted by Crippen LogP contribution is -2.40. The van der Waals surface area contributed by atoms with Crippen molar-refractivity contribution in [3.05, 3.63) is 0 Å². The van der Waals surface area contributed by atoms with Crippen molar-refractivity contribution in [1.29, 1.82) is 0 Å². The Morgan fingerprint density at radius 3 is 2.44 bits per heavy atom. The number of rotatable bonds is 4. The van der Waals surface area contributed by atoms with Gasteiger partial charge in [-0.05, 0) is 12.8 Å². The SMILES string of the molecule is CN(CC(=O)N1CCCC1)C(=O)CC(N)=S. The Morgan fingerprint density at radius 1 is 1.38 bits per heavy atom. The van der Waals surface area contributed by atoms with Gasteiger partial charge in [0.1, 0.15) is 0 Å². The van der Waals surface area contributed by atoms with Crippen molar-refractivity contribution in [1.82, 2.24) is 9.80 Å². The van der Waals surface area contributed by atoms with E-state index in [1.807, 2.05) is 0 Å². The highest BCUT2D eigenvalue weighted by Crippen LogP contribution is 2.07. The average molecular weight is 243 g/mol. The number of carbonyl (C=O) groups excluding carboxylic acids is 2. The van der Waals surface area contributed by atoms with Crippen LogP contribution in [0, 0.1) is 0 Å². The first-order chi connectivity index (χ1) is 7.50. The first kappa shape index (κ1) is 12.9. The van der Waals surface area contributed by atoms with Gasteiger partial charge >= 0.3 is 0 Å². The fraction of sp³-hybridized carbons (Fsp3) is 0.700. The molecule has 1 fully saturated rings. The van der Waals surface area contributed by atoms with Crippen LogP contribution >= 0.6 is 12.2 Å². The molecule has 1 heterocycles. The van der Waals surface area contributed by atoms with Crippen LogP contribution in [-0.2, 0) is 9.59 Å². The van der Waals surface area contributed by atoms with Gasteiger partial charge in [0.25, 0.3) is 0 Å². The summed E-state index contributed by atoms with van der Waals surface area (Å²) in [6, 6.07) is 0. The second-order valence-corrected chi connectivity index (χ2v) is 4.51. The van der Waals surface area contributed by atoms with Crippen molar-refractivity contribution >= 4 is 29.0 Å². The molecule has 0 aromatic rings. The van der Waals surface area contributed by atoms with Crippen molar-refractivity contribution in [2.75, 3.05) is 26.7 Å². The Balaban J connectivity index is 2.37. The van der Waals surface area contributed by atoms with E-state index in [1.165, 1.54) is 4.90 Å². The number of likely N-dealkylation sites (N-methyl/N-ethyl adjacent to an activating group) is 1. The van der Waals surface area contributed by atoms with Crippen LogP contribution < -0.4 is 5.73 Å². The molecule has 2 amide bonds. The van der Waals surface area contributed by atoms with Crippen molar-refractivity contribution < 1.29 is 9.59 Å². The van der Waals surface area contributed by atoms with Crippen LogP contribution in [-0.4, -0.2) is 53.3 Å². The third-order valence-electron chi connectivity index (χ3n) is 2.58. The van der Waals surface area contributed by atoms with Crippen LogP contribution in [0.2, 0.25) is 0 Å². The van der Waals surface area contributed by atoms with Crippen LogP contribution in [0.15, 0.2) is 0 Å². The number of nitrogens with two attached hydrogens (primary N) is 1. The molecule has 0 saturated carbocycles. The monoisotopic (exact) mass is 243 g/mol. The molecule has 0 radical (unpaired) electrons. The topological polar surface area (TPSA) is 66.6 Å². The molecular weight excluding hydrogens is 226 g/mol. The average Bonchev–Trinajstić information content (AvgIpc) is 2.68. The van der Waals surface area contributed by atoms with Crippen LogP contribution in [0.25, 0.3) is 0 Å². The highest BCUT2D eigenvalue weighted by atomic mass is 32.1. The predicted molar refractivity (Wildman–Crippen MR) is 64.9 cm³/mol. The zero-order valence-electron chi connectivity index (χ0n) is 9.44. The standard InChI is InChI=1S/C10H17N3O2S/c1-12(9(14)6-8(11)16)7-10(15)13-4-2-3-5-13/h2-7H2,1H3,(H2,11,16).